The fourth-order valence-electron chi connectivity index (χ4n) is 1.74. The minimum absolute atomic E-state index is 0.0934. The molecule has 0 saturated carbocycles. The van der Waals surface area contributed by atoms with Gasteiger partial charge in [-0.25, -0.2) is 4.79 Å². The Bertz CT molecular complexity index is 467. The van der Waals surface area contributed by atoms with Crippen molar-refractivity contribution < 1.29 is 19.4 Å². The van der Waals surface area contributed by atoms with Crippen LogP contribution in [0.25, 0.3) is 0 Å². The molecule has 1 atom stereocenters. The van der Waals surface area contributed by atoms with Crippen LogP contribution >= 0.6 is 0 Å². The SMILES string of the molecule is C=CCOC(=O)N[C@@H](CC(=O)O)Cc1ccc(C)cc1. The number of amides is 1. The number of carbonyl (C=O) groups excluding carboxylic acids is 1. The minimum Gasteiger partial charge on any atom is -0.481 e. The molecule has 0 bridgehead atoms. The van der Waals surface area contributed by atoms with Crippen LogP contribution in [-0.2, 0) is 16.0 Å². The Balaban J connectivity index is 2.63. The summed E-state index contributed by atoms with van der Waals surface area (Å²) in [7, 11) is 0. The van der Waals surface area contributed by atoms with Crippen LogP contribution < -0.4 is 5.32 Å². The molecule has 2 N–H and O–H groups in total. The van der Waals surface area contributed by atoms with E-state index in [4.69, 9.17) is 9.84 Å². The normalized spacial score (nSPS) is 11.4. The van der Waals surface area contributed by atoms with Crippen molar-refractivity contribution in [1.29, 1.82) is 0 Å². The number of alkyl carbamates (subject to hydrolysis) is 1. The number of rotatable bonds is 7. The molecule has 0 unspecified atom stereocenters. The maximum absolute atomic E-state index is 11.5. The van der Waals surface area contributed by atoms with Crippen molar-refractivity contribution in [3.63, 3.8) is 0 Å². The molecule has 1 aromatic rings. The fraction of sp³-hybridized carbons (Fsp3) is 0.333. The van der Waals surface area contributed by atoms with Crippen molar-refractivity contribution in [2.45, 2.75) is 25.8 Å². The number of carboxylic acids is 1. The Morgan fingerprint density at radius 2 is 2.05 bits per heavy atom. The molecule has 0 aromatic heterocycles. The zero-order valence-electron chi connectivity index (χ0n) is 11.5. The molecule has 0 fully saturated rings. The van der Waals surface area contributed by atoms with Crippen LogP contribution in [0.4, 0.5) is 4.79 Å². The number of carbonyl (C=O) groups is 2. The van der Waals surface area contributed by atoms with Gasteiger partial charge in [0.2, 0.25) is 0 Å². The van der Waals surface area contributed by atoms with Crippen LogP contribution in [0.5, 0.6) is 0 Å². The second kappa shape index (κ2) is 7.99. The molecule has 0 saturated heterocycles. The number of aryl methyl sites for hydroxylation is 1. The molecule has 108 valence electrons. The van der Waals surface area contributed by atoms with Gasteiger partial charge in [-0.3, -0.25) is 4.79 Å². The largest absolute Gasteiger partial charge is 0.481 e. The van der Waals surface area contributed by atoms with E-state index in [0.29, 0.717) is 6.42 Å². The Morgan fingerprint density at radius 3 is 2.60 bits per heavy atom. The van der Waals surface area contributed by atoms with E-state index in [1.165, 1.54) is 6.08 Å². The summed E-state index contributed by atoms with van der Waals surface area (Å²) in [6, 6.07) is 7.22. The zero-order chi connectivity index (χ0) is 15.0. The molecule has 5 heteroatoms. The third-order valence-corrected chi connectivity index (χ3v) is 2.68. The van der Waals surface area contributed by atoms with Crippen LogP contribution in [-0.4, -0.2) is 29.8 Å². The molecule has 20 heavy (non-hydrogen) atoms. The van der Waals surface area contributed by atoms with Gasteiger partial charge in [0, 0.05) is 6.04 Å². The topological polar surface area (TPSA) is 75.6 Å². The Morgan fingerprint density at radius 1 is 1.40 bits per heavy atom. The first-order chi connectivity index (χ1) is 9.51. The van der Waals surface area contributed by atoms with Crippen molar-refractivity contribution in [2.75, 3.05) is 6.61 Å². The van der Waals surface area contributed by atoms with Gasteiger partial charge >= 0.3 is 12.1 Å². The summed E-state index contributed by atoms with van der Waals surface area (Å²) >= 11 is 0. The lowest BCUT2D eigenvalue weighted by Crippen LogP contribution is -2.38. The summed E-state index contributed by atoms with van der Waals surface area (Å²) < 4.78 is 4.80. The summed E-state index contributed by atoms with van der Waals surface area (Å²) in [5, 5.41) is 11.4. The Hall–Kier alpha value is -2.30. The summed E-state index contributed by atoms with van der Waals surface area (Å²) in [5.74, 6) is -0.967. The minimum atomic E-state index is -0.967. The smallest absolute Gasteiger partial charge is 0.407 e. The van der Waals surface area contributed by atoms with Crippen molar-refractivity contribution in [1.82, 2.24) is 5.32 Å². The van der Waals surface area contributed by atoms with Gasteiger partial charge in [-0.1, -0.05) is 42.5 Å². The van der Waals surface area contributed by atoms with Crippen LogP contribution in [0.15, 0.2) is 36.9 Å². The number of ether oxygens (including phenoxy) is 1. The maximum Gasteiger partial charge on any atom is 0.407 e. The van der Waals surface area contributed by atoms with Gasteiger partial charge in [0.05, 0.1) is 6.42 Å². The lowest BCUT2D eigenvalue weighted by molar-refractivity contribution is -0.137. The Kier molecular flexibility index (Phi) is 6.29. The predicted octanol–water partition coefficient (Wildman–Crippen LogP) is 2.29. The highest BCUT2D eigenvalue weighted by Crippen LogP contribution is 2.08. The second-order valence-corrected chi connectivity index (χ2v) is 4.52. The van der Waals surface area contributed by atoms with E-state index in [9.17, 15) is 9.59 Å². The van der Waals surface area contributed by atoms with Crippen molar-refractivity contribution >= 4 is 12.1 Å². The molecule has 1 amide bonds. The highest BCUT2D eigenvalue weighted by Gasteiger charge is 2.17. The summed E-state index contributed by atoms with van der Waals surface area (Å²) in [5.41, 5.74) is 2.09. The number of aliphatic carboxylic acids is 1. The fourth-order valence-corrected chi connectivity index (χ4v) is 1.74. The maximum atomic E-state index is 11.5. The molecule has 0 aliphatic rings. The number of hydrogen-bond acceptors (Lipinski definition) is 3. The number of hydrogen-bond donors (Lipinski definition) is 2. The molecular weight excluding hydrogens is 258 g/mol. The lowest BCUT2D eigenvalue weighted by atomic mass is 10.0. The first-order valence-electron chi connectivity index (χ1n) is 6.32. The summed E-state index contributed by atoms with van der Waals surface area (Å²) in [6.45, 7) is 5.51. The Labute approximate surface area is 118 Å². The average molecular weight is 277 g/mol. The third kappa shape index (κ3) is 6.04. The van der Waals surface area contributed by atoms with E-state index in [-0.39, 0.29) is 13.0 Å². The molecule has 0 radical (unpaired) electrons. The molecular formula is C15H19NO4. The van der Waals surface area contributed by atoms with Gasteiger partial charge in [0.25, 0.3) is 0 Å². The van der Waals surface area contributed by atoms with E-state index >= 15 is 0 Å². The van der Waals surface area contributed by atoms with E-state index in [0.717, 1.165) is 11.1 Å². The lowest BCUT2D eigenvalue weighted by Gasteiger charge is -2.16. The third-order valence-electron chi connectivity index (χ3n) is 2.68. The van der Waals surface area contributed by atoms with E-state index in [2.05, 4.69) is 11.9 Å². The second-order valence-electron chi connectivity index (χ2n) is 4.52. The predicted molar refractivity (Wildman–Crippen MR) is 75.6 cm³/mol. The standard InChI is InChI=1S/C15H19NO4/c1-3-8-20-15(19)16-13(10-14(17)18)9-12-6-4-11(2)5-7-12/h3-7,13H,1,8-10H2,2H3,(H,16,19)(H,17,18)/t13-/m1/s1. The van der Waals surface area contributed by atoms with E-state index in [1.54, 1.807) is 0 Å². The van der Waals surface area contributed by atoms with Crippen LogP contribution in [0.2, 0.25) is 0 Å². The van der Waals surface area contributed by atoms with Crippen LogP contribution in [0.3, 0.4) is 0 Å². The zero-order valence-corrected chi connectivity index (χ0v) is 11.5. The molecule has 0 heterocycles. The van der Waals surface area contributed by atoms with Crippen molar-refractivity contribution in [3.05, 3.63) is 48.0 Å². The monoisotopic (exact) mass is 277 g/mol. The first kappa shape index (κ1) is 15.8. The van der Waals surface area contributed by atoms with Gasteiger partial charge in [-0.2, -0.15) is 0 Å². The average Bonchev–Trinajstić information content (AvgIpc) is 2.38. The number of carboxylic acid groups (broad SMARTS) is 1. The highest BCUT2D eigenvalue weighted by atomic mass is 16.5. The molecule has 0 aliphatic carbocycles. The van der Waals surface area contributed by atoms with E-state index < -0.39 is 18.1 Å². The van der Waals surface area contributed by atoms with Crippen molar-refractivity contribution in [2.24, 2.45) is 0 Å². The van der Waals surface area contributed by atoms with Gasteiger partial charge in [-0.05, 0) is 18.9 Å². The summed E-state index contributed by atoms with van der Waals surface area (Å²) in [4.78, 5) is 22.3. The van der Waals surface area contributed by atoms with Gasteiger partial charge in [0.15, 0.2) is 0 Å². The highest BCUT2D eigenvalue weighted by molar-refractivity contribution is 5.71. The molecule has 1 rings (SSSR count). The molecule has 0 spiro atoms. The van der Waals surface area contributed by atoms with Crippen LogP contribution in [0, 0.1) is 6.92 Å². The van der Waals surface area contributed by atoms with Gasteiger partial charge in [0.1, 0.15) is 6.61 Å². The molecule has 0 aliphatic heterocycles. The molecule has 1 aromatic carbocycles. The first-order valence-corrected chi connectivity index (χ1v) is 6.32. The van der Waals surface area contributed by atoms with Gasteiger partial charge < -0.3 is 15.2 Å². The summed E-state index contributed by atoms with van der Waals surface area (Å²) in [6.07, 6.45) is 1.10. The van der Waals surface area contributed by atoms with Gasteiger partial charge in [-0.15, -0.1) is 0 Å². The van der Waals surface area contributed by atoms with Crippen molar-refractivity contribution in [3.8, 4) is 0 Å². The van der Waals surface area contributed by atoms with E-state index in [1.807, 2.05) is 31.2 Å². The number of benzene rings is 1. The number of nitrogens with one attached hydrogen (secondary N) is 1. The molecule has 5 nitrogen and oxygen atoms in total. The quantitative estimate of drug-likeness (QED) is 0.750. The van der Waals surface area contributed by atoms with Crippen LogP contribution in [0.1, 0.15) is 17.5 Å².